The van der Waals surface area contributed by atoms with Gasteiger partial charge in [0.25, 0.3) is 0 Å². The molecule has 88 valence electrons. The number of nitrogens with zero attached hydrogens (tertiary/aromatic N) is 2. The average molecular weight is 247 g/mol. The number of imidazole rings is 1. The van der Waals surface area contributed by atoms with E-state index in [-0.39, 0.29) is 0 Å². The zero-order valence-corrected chi connectivity index (χ0v) is 10.6. The largest absolute Gasteiger partial charge is 0.331 e. The maximum Gasteiger partial charge on any atom is 0.146 e. The van der Waals surface area contributed by atoms with E-state index in [0.717, 1.165) is 12.5 Å². The predicted molar refractivity (Wildman–Crippen MR) is 69.5 cm³/mol. The zero-order valence-electron chi connectivity index (χ0n) is 9.86. The SMILES string of the molecule is Cc1cc(C2CC2)ccc1Cn1cnc(Cl)c1. The number of rotatable bonds is 3. The van der Waals surface area contributed by atoms with Crippen LogP contribution in [0.25, 0.3) is 0 Å². The third-order valence-electron chi connectivity index (χ3n) is 3.37. The van der Waals surface area contributed by atoms with Gasteiger partial charge < -0.3 is 4.57 Å². The van der Waals surface area contributed by atoms with Crippen LogP contribution in [0.4, 0.5) is 0 Å². The van der Waals surface area contributed by atoms with Crippen molar-refractivity contribution in [3.05, 3.63) is 52.6 Å². The number of benzene rings is 1. The molecular weight excluding hydrogens is 232 g/mol. The van der Waals surface area contributed by atoms with Crippen LogP contribution in [0, 0.1) is 6.92 Å². The van der Waals surface area contributed by atoms with Gasteiger partial charge in [-0.3, -0.25) is 0 Å². The van der Waals surface area contributed by atoms with Gasteiger partial charge >= 0.3 is 0 Å². The number of hydrogen-bond acceptors (Lipinski definition) is 1. The van der Waals surface area contributed by atoms with E-state index in [2.05, 4.69) is 30.1 Å². The quantitative estimate of drug-likeness (QED) is 0.806. The Bertz CT molecular complexity index is 541. The molecule has 1 aromatic heterocycles. The summed E-state index contributed by atoms with van der Waals surface area (Å²) >= 11 is 5.81. The van der Waals surface area contributed by atoms with Crippen molar-refractivity contribution < 1.29 is 0 Å². The number of halogens is 1. The van der Waals surface area contributed by atoms with E-state index in [4.69, 9.17) is 11.6 Å². The third-order valence-corrected chi connectivity index (χ3v) is 3.57. The van der Waals surface area contributed by atoms with Crippen LogP contribution in [0.5, 0.6) is 0 Å². The molecule has 1 saturated carbocycles. The van der Waals surface area contributed by atoms with E-state index in [0.29, 0.717) is 5.15 Å². The van der Waals surface area contributed by atoms with E-state index >= 15 is 0 Å². The molecule has 17 heavy (non-hydrogen) atoms. The minimum atomic E-state index is 0.553. The average Bonchev–Trinajstić information content (AvgIpc) is 3.06. The molecule has 2 nitrogen and oxygen atoms in total. The first-order valence-corrected chi connectivity index (χ1v) is 6.37. The second-order valence-electron chi connectivity index (χ2n) is 4.83. The number of aryl methyl sites for hydroxylation is 1. The molecule has 1 fully saturated rings. The van der Waals surface area contributed by atoms with Crippen LogP contribution < -0.4 is 0 Å². The molecule has 0 atom stereocenters. The van der Waals surface area contributed by atoms with E-state index in [1.807, 2.05) is 10.8 Å². The Morgan fingerprint density at radius 2 is 2.24 bits per heavy atom. The lowest BCUT2D eigenvalue weighted by atomic mass is 10.0. The lowest BCUT2D eigenvalue weighted by Gasteiger charge is -2.08. The zero-order chi connectivity index (χ0) is 11.8. The normalized spacial score (nSPS) is 15.2. The second kappa shape index (κ2) is 4.19. The number of aromatic nitrogens is 2. The van der Waals surface area contributed by atoms with Crippen LogP contribution in [0.15, 0.2) is 30.7 Å². The van der Waals surface area contributed by atoms with Crippen molar-refractivity contribution in [3.8, 4) is 0 Å². The molecular formula is C14H15ClN2. The summed E-state index contributed by atoms with van der Waals surface area (Å²) < 4.78 is 2.02. The highest BCUT2D eigenvalue weighted by molar-refractivity contribution is 6.29. The van der Waals surface area contributed by atoms with Crippen LogP contribution in [0.1, 0.15) is 35.4 Å². The molecule has 3 heteroatoms. The van der Waals surface area contributed by atoms with Gasteiger partial charge in [-0.1, -0.05) is 29.8 Å². The Kier molecular flexibility index (Phi) is 2.67. The first-order valence-electron chi connectivity index (χ1n) is 5.99. The predicted octanol–water partition coefficient (Wildman–Crippen LogP) is 3.77. The summed E-state index contributed by atoms with van der Waals surface area (Å²) in [4.78, 5) is 4.03. The van der Waals surface area contributed by atoms with Crippen molar-refractivity contribution in [3.63, 3.8) is 0 Å². The Morgan fingerprint density at radius 3 is 2.82 bits per heavy atom. The van der Waals surface area contributed by atoms with Gasteiger partial charge in [0.1, 0.15) is 5.15 Å². The molecule has 1 heterocycles. The van der Waals surface area contributed by atoms with E-state index in [1.54, 1.807) is 6.33 Å². The standard InChI is InChI=1S/C14H15ClN2/c1-10-6-12(11-2-3-11)4-5-13(10)7-17-8-14(15)16-9-17/h4-6,8-9,11H,2-3,7H2,1H3. The summed E-state index contributed by atoms with van der Waals surface area (Å²) in [6.07, 6.45) is 6.35. The first-order chi connectivity index (χ1) is 8.22. The van der Waals surface area contributed by atoms with Crippen molar-refractivity contribution in [1.29, 1.82) is 0 Å². The summed E-state index contributed by atoms with van der Waals surface area (Å²) in [5, 5.41) is 0.553. The maximum atomic E-state index is 5.81. The second-order valence-corrected chi connectivity index (χ2v) is 5.22. The molecule has 0 N–H and O–H groups in total. The van der Waals surface area contributed by atoms with Gasteiger partial charge in [0, 0.05) is 12.7 Å². The van der Waals surface area contributed by atoms with Gasteiger partial charge in [-0.15, -0.1) is 0 Å². The fraction of sp³-hybridized carbons (Fsp3) is 0.357. The molecule has 2 aromatic rings. The molecule has 1 aromatic carbocycles. The van der Waals surface area contributed by atoms with Crippen LogP contribution >= 0.6 is 11.6 Å². The summed E-state index contributed by atoms with van der Waals surface area (Å²) in [7, 11) is 0. The Morgan fingerprint density at radius 1 is 1.41 bits per heavy atom. The molecule has 0 saturated heterocycles. The van der Waals surface area contributed by atoms with Gasteiger partial charge in [0.15, 0.2) is 0 Å². The Balaban J connectivity index is 1.83. The van der Waals surface area contributed by atoms with Gasteiger partial charge in [-0.25, -0.2) is 4.98 Å². The van der Waals surface area contributed by atoms with Crippen LogP contribution in [0.3, 0.4) is 0 Å². The highest BCUT2D eigenvalue weighted by Crippen LogP contribution is 2.40. The first kappa shape index (κ1) is 10.8. The summed E-state index contributed by atoms with van der Waals surface area (Å²) in [6.45, 7) is 3.02. The lowest BCUT2D eigenvalue weighted by Crippen LogP contribution is -1.99. The molecule has 0 unspecified atom stereocenters. The van der Waals surface area contributed by atoms with E-state index < -0.39 is 0 Å². The Hall–Kier alpha value is -1.28. The monoisotopic (exact) mass is 246 g/mol. The fourth-order valence-electron chi connectivity index (χ4n) is 2.18. The third kappa shape index (κ3) is 2.37. The van der Waals surface area contributed by atoms with Crippen molar-refractivity contribution >= 4 is 11.6 Å². The molecule has 3 rings (SSSR count). The summed E-state index contributed by atoms with van der Waals surface area (Å²) in [5.74, 6) is 0.824. The lowest BCUT2D eigenvalue weighted by molar-refractivity contribution is 0.791. The van der Waals surface area contributed by atoms with Gasteiger partial charge in [0.2, 0.25) is 0 Å². The summed E-state index contributed by atoms with van der Waals surface area (Å²) in [5.41, 5.74) is 4.19. The Labute approximate surface area is 106 Å². The molecule has 0 spiro atoms. The van der Waals surface area contributed by atoms with Crippen molar-refractivity contribution in [2.75, 3.05) is 0 Å². The molecule has 0 amide bonds. The van der Waals surface area contributed by atoms with Crippen LogP contribution in [-0.4, -0.2) is 9.55 Å². The van der Waals surface area contributed by atoms with E-state index in [9.17, 15) is 0 Å². The molecule has 0 aliphatic heterocycles. The fourth-order valence-corrected chi connectivity index (χ4v) is 2.35. The smallest absolute Gasteiger partial charge is 0.146 e. The molecule has 1 aliphatic carbocycles. The molecule has 0 radical (unpaired) electrons. The van der Waals surface area contributed by atoms with Gasteiger partial charge in [0.05, 0.1) is 6.33 Å². The minimum Gasteiger partial charge on any atom is -0.331 e. The number of hydrogen-bond donors (Lipinski definition) is 0. The van der Waals surface area contributed by atoms with E-state index in [1.165, 1.54) is 29.5 Å². The highest BCUT2D eigenvalue weighted by Gasteiger charge is 2.23. The maximum absolute atomic E-state index is 5.81. The molecule has 1 aliphatic rings. The van der Waals surface area contributed by atoms with Crippen LogP contribution in [-0.2, 0) is 6.54 Å². The topological polar surface area (TPSA) is 17.8 Å². The summed E-state index contributed by atoms with van der Waals surface area (Å²) in [6, 6.07) is 6.82. The van der Waals surface area contributed by atoms with Crippen molar-refractivity contribution in [1.82, 2.24) is 9.55 Å². The van der Waals surface area contributed by atoms with Crippen LogP contribution in [0.2, 0.25) is 5.15 Å². The van der Waals surface area contributed by atoms with Gasteiger partial charge in [-0.05, 0) is 42.4 Å². The minimum absolute atomic E-state index is 0.553. The van der Waals surface area contributed by atoms with Crippen molar-refractivity contribution in [2.45, 2.75) is 32.2 Å². The molecule has 0 bridgehead atoms. The highest BCUT2D eigenvalue weighted by atomic mass is 35.5. The van der Waals surface area contributed by atoms with Gasteiger partial charge in [-0.2, -0.15) is 0 Å². The van der Waals surface area contributed by atoms with Crippen molar-refractivity contribution in [2.24, 2.45) is 0 Å².